The third-order valence-corrected chi connectivity index (χ3v) is 2.02. The van der Waals surface area contributed by atoms with E-state index in [1.54, 1.807) is 0 Å². The second-order valence-electron chi connectivity index (χ2n) is 3.04. The molecule has 0 radical (unpaired) electrons. The molecule has 0 aromatic carbocycles. The van der Waals surface area contributed by atoms with Crippen molar-refractivity contribution in [1.82, 2.24) is 0 Å². The lowest BCUT2D eigenvalue weighted by Gasteiger charge is -2.01. The molecule has 0 atom stereocenters. The third-order valence-electron chi connectivity index (χ3n) is 2.02. The first kappa shape index (κ1) is 7.47. The highest BCUT2D eigenvalue weighted by Crippen LogP contribution is 2.26. The van der Waals surface area contributed by atoms with Gasteiger partial charge in [-0.05, 0) is 18.6 Å². The van der Waals surface area contributed by atoms with E-state index in [4.69, 9.17) is 4.42 Å². The summed E-state index contributed by atoms with van der Waals surface area (Å²) >= 11 is 0. The molecule has 0 aliphatic carbocycles. The average Bonchev–Trinajstić information content (AvgIpc) is 2.65. The van der Waals surface area contributed by atoms with Crippen molar-refractivity contribution in [3.05, 3.63) is 18.2 Å². The van der Waals surface area contributed by atoms with Crippen LogP contribution in [0, 0.1) is 0 Å². The van der Waals surface area contributed by atoms with Gasteiger partial charge in [-0.1, -0.05) is 13.3 Å². The lowest BCUT2D eigenvalue weighted by atomic mass is 10.3. The van der Waals surface area contributed by atoms with Gasteiger partial charge >= 0.3 is 0 Å². The Labute approximate surface area is 71.9 Å². The van der Waals surface area contributed by atoms with Crippen molar-refractivity contribution in [2.45, 2.75) is 19.8 Å². The van der Waals surface area contributed by atoms with Crippen molar-refractivity contribution in [3.8, 4) is 0 Å². The van der Waals surface area contributed by atoms with Crippen molar-refractivity contribution in [2.75, 3.05) is 11.9 Å². The first-order valence-corrected chi connectivity index (χ1v) is 4.46. The van der Waals surface area contributed by atoms with Gasteiger partial charge < -0.3 is 9.73 Å². The van der Waals surface area contributed by atoms with Crippen LogP contribution in [0.1, 0.15) is 19.8 Å². The van der Waals surface area contributed by atoms with E-state index in [1.165, 1.54) is 12.8 Å². The first-order chi connectivity index (χ1) is 5.90. The largest absolute Gasteiger partial charge is 0.455 e. The molecule has 0 saturated carbocycles. The lowest BCUT2D eigenvalue weighted by molar-refractivity contribution is 0.675. The predicted molar refractivity (Wildman–Crippen MR) is 50.8 cm³/mol. The second-order valence-corrected chi connectivity index (χ2v) is 3.04. The van der Waals surface area contributed by atoms with Crippen LogP contribution < -0.4 is 5.32 Å². The Morgan fingerprint density at radius 2 is 2.33 bits per heavy atom. The van der Waals surface area contributed by atoms with E-state index >= 15 is 0 Å². The van der Waals surface area contributed by atoms with Crippen LogP contribution in [0.3, 0.4) is 0 Å². The highest BCUT2D eigenvalue weighted by Gasteiger charge is 2.04. The molecule has 0 spiro atoms. The molecule has 2 rings (SSSR count). The van der Waals surface area contributed by atoms with Gasteiger partial charge in [0.2, 0.25) is 0 Å². The fourth-order valence-electron chi connectivity index (χ4n) is 1.33. The molecule has 2 heteroatoms. The van der Waals surface area contributed by atoms with Crippen LogP contribution in [0.2, 0.25) is 0 Å². The molecule has 0 fully saturated rings. The molecule has 0 amide bonds. The smallest absolute Gasteiger partial charge is 0.150 e. The summed E-state index contributed by atoms with van der Waals surface area (Å²) < 4.78 is 5.38. The maximum Gasteiger partial charge on any atom is 0.150 e. The maximum absolute atomic E-state index is 5.38. The molecule has 1 N–H and O–H groups in total. The predicted octanol–water partition coefficient (Wildman–Crippen LogP) is 3.08. The summed E-state index contributed by atoms with van der Waals surface area (Å²) in [7, 11) is 0. The molecule has 2 aromatic heterocycles. The summed E-state index contributed by atoms with van der Waals surface area (Å²) in [6.45, 7) is 3.23. The van der Waals surface area contributed by atoms with Crippen molar-refractivity contribution < 1.29 is 4.42 Å². The Kier molecular flexibility index (Phi) is 1.90. The Morgan fingerprint density at radius 1 is 1.42 bits per heavy atom. The molecule has 0 unspecified atom stereocenters. The van der Waals surface area contributed by atoms with E-state index in [-0.39, 0.29) is 0 Å². The van der Waals surface area contributed by atoms with Crippen molar-refractivity contribution in [2.24, 2.45) is 0 Å². The van der Waals surface area contributed by atoms with Crippen LogP contribution in [0.15, 0.2) is 22.6 Å². The minimum absolute atomic E-state index is 0.962. The van der Waals surface area contributed by atoms with Crippen LogP contribution in [0.25, 0.3) is 11.2 Å². The van der Waals surface area contributed by atoms with Gasteiger partial charge in [0.25, 0.3) is 0 Å². The van der Waals surface area contributed by atoms with E-state index < -0.39 is 0 Å². The zero-order chi connectivity index (χ0) is 8.39. The van der Waals surface area contributed by atoms with E-state index in [1.807, 2.05) is 18.2 Å². The maximum atomic E-state index is 5.38. The normalized spacial score (nSPS) is 11.1. The number of unbranched alkanes of at least 4 members (excludes halogenated alkanes) is 1. The monoisotopic (exact) mass is 163 g/mol. The molecule has 0 saturated heterocycles. The zero-order valence-corrected chi connectivity index (χ0v) is 7.26. The fourth-order valence-corrected chi connectivity index (χ4v) is 1.33. The number of rotatable bonds is 4. The number of fused-ring (bicyclic) bond motifs is 2. The molecule has 2 nitrogen and oxygen atoms in total. The van der Waals surface area contributed by atoms with Gasteiger partial charge in [0.1, 0.15) is 5.58 Å². The van der Waals surface area contributed by atoms with Crippen molar-refractivity contribution in [3.63, 3.8) is 0 Å². The lowest BCUT2D eigenvalue weighted by Crippen LogP contribution is -1.99. The van der Waals surface area contributed by atoms with Gasteiger partial charge in [0, 0.05) is 12.6 Å². The van der Waals surface area contributed by atoms with Crippen LogP contribution >= 0.6 is 0 Å². The summed E-state index contributed by atoms with van der Waals surface area (Å²) in [5, 5.41) is 3.34. The highest BCUT2D eigenvalue weighted by atomic mass is 16.3. The topological polar surface area (TPSA) is 25.2 Å². The number of furan rings is 2. The van der Waals surface area contributed by atoms with Crippen LogP contribution in [-0.2, 0) is 0 Å². The summed E-state index contributed by atoms with van der Waals surface area (Å²) in [5.41, 5.74) is 3.08. The van der Waals surface area contributed by atoms with Crippen LogP contribution in [0.4, 0.5) is 5.69 Å². The molecule has 2 bridgehead atoms. The van der Waals surface area contributed by atoms with Crippen molar-refractivity contribution in [1.29, 1.82) is 0 Å². The zero-order valence-electron chi connectivity index (χ0n) is 7.26. The Balaban J connectivity index is 1.99. The summed E-state index contributed by atoms with van der Waals surface area (Å²) in [6, 6.07) is 6.04. The molecular weight excluding hydrogens is 150 g/mol. The van der Waals surface area contributed by atoms with Gasteiger partial charge in [0.15, 0.2) is 5.58 Å². The number of anilines is 1. The van der Waals surface area contributed by atoms with E-state index in [0.29, 0.717) is 0 Å². The van der Waals surface area contributed by atoms with Crippen LogP contribution in [0.5, 0.6) is 0 Å². The molecule has 64 valence electrons. The number of benzene rings is 1. The summed E-state index contributed by atoms with van der Waals surface area (Å²) in [5.74, 6) is 0. The van der Waals surface area contributed by atoms with Gasteiger partial charge in [-0.3, -0.25) is 0 Å². The Hall–Kier alpha value is -1.18. The van der Waals surface area contributed by atoms with Crippen LogP contribution in [-0.4, -0.2) is 6.54 Å². The number of hydrogen-bond acceptors (Lipinski definition) is 2. The highest BCUT2D eigenvalue weighted by molar-refractivity contribution is 5.79. The second kappa shape index (κ2) is 3.05. The Morgan fingerprint density at radius 3 is 2.92 bits per heavy atom. The summed E-state index contributed by atoms with van der Waals surface area (Å²) in [4.78, 5) is 0. The summed E-state index contributed by atoms with van der Waals surface area (Å²) in [6.07, 6.45) is 2.44. The third kappa shape index (κ3) is 1.24. The van der Waals surface area contributed by atoms with Crippen molar-refractivity contribution >= 4 is 16.9 Å². The van der Waals surface area contributed by atoms with E-state index in [9.17, 15) is 0 Å². The first-order valence-electron chi connectivity index (χ1n) is 4.46. The molecule has 2 aromatic rings. The molecule has 0 aliphatic rings. The molecule has 2 heterocycles. The quantitative estimate of drug-likeness (QED) is 0.700. The van der Waals surface area contributed by atoms with Gasteiger partial charge in [-0.15, -0.1) is 0 Å². The van der Waals surface area contributed by atoms with E-state index in [2.05, 4.69) is 12.2 Å². The SMILES string of the molecule is CCCCNc1cc2ccc1o2. The average molecular weight is 163 g/mol. The van der Waals surface area contributed by atoms with E-state index in [0.717, 1.165) is 23.4 Å². The fraction of sp³-hybridized carbons (Fsp3) is 0.400. The minimum atomic E-state index is 0.962. The minimum Gasteiger partial charge on any atom is -0.455 e. The van der Waals surface area contributed by atoms with Gasteiger partial charge in [0.05, 0.1) is 5.69 Å². The van der Waals surface area contributed by atoms with Gasteiger partial charge in [-0.25, -0.2) is 0 Å². The molecular formula is C10H13NO. The number of nitrogens with one attached hydrogen (secondary N) is 1. The van der Waals surface area contributed by atoms with Gasteiger partial charge in [-0.2, -0.15) is 0 Å². The number of hydrogen-bond donors (Lipinski definition) is 1. The Bertz CT molecular complexity index is 339. The molecule has 0 aliphatic heterocycles. The molecule has 12 heavy (non-hydrogen) atoms. The standard InChI is InChI=1S/C10H13NO/c1-2-3-6-11-9-7-8-4-5-10(9)12-8/h4-5,7,11H,2-3,6H2,1H3.